The SMILES string of the molecule is O=C(O[C@H]1CCC[C@H]2CCC[C@@H]21)c1ccc([N+](=O)[O-])cc1. The van der Waals surface area contributed by atoms with Crippen molar-refractivity contribution in [3.63, 3.8) is 0 Å². The van der Waals surface area contributed by atoms with E-state index in [9.17, 15) is 14.9 Å². The van der Waals surface area contributed by atoms with Gasteiger partial charge in [-0.2, -0.15) is 0 Å². The molecule has 1 aromatic carbocycles. The molecule has 2 saturated carbocycles. The fourth-order valence-electron chi connectivity index (χ4n) is 3.78. The number of ether oxygens (including phenoxy) is 1. The van der Waals surface area contributed by atoms with E-state index in [-0.39, 0.29) is 17.8 Å². The zero-order valence-electron chi connectivity index (χ0n) is 11.9. The Hall–Kier alpha value is -1.91. The van der Waals surface area contributed by atoms with Crippen LogP contribution in [0, 0.1) is 22.0 Å². The molecule has 0 amide bonds. The molecule has 0 radical (unpaired) electrons. The van der Waals surface area contributed by atoms with Crippen molar-refractivity contribution in [2.45, 2.75) is 44.6 Å². The number of nitro benzene ring substituents is 1. The highest BCUT2D eigenvalue weighted by atomic mass is 16.6. The normalized spacial score (nSPS) is 27.9. The second kappa shape index (κ2) is 5.84. The van der Waals surface area contributed by atoms with Crippen molar-refractivity contribution < 1.29 is 14.5 Å². The molecule has 0 aromatic heterocycles. The lowest BCUT2D eigenvalue weighted by atomic mass is 9.79. The number of fused-ring (bicyclic) bond motifs is 1. The Bertz CT molecular complexity index is 540. The quantitative estimate of drug-likeness (QED) is 0.483. The fraction of sp³-hybridized carbons (Fsp3) is 0.562. The number of hydrogen-bond acceptors (Lipinski definition) is 4. The summed E-state index contributed by atoms with van der Waals surface area (Å²) in [6.07, 6.45) is 7.00. The standard InChI is InChI=1S/C16H19NO4/c18-16(12-7-9-13(10-8-12)17(19)20)21-15-6-2-4-11-3-1-5-14(11)15/h7-11,14-15H,1-6H2/t11-,14+,15+/m1/s1. The average molecular weight is 289 g/mol. The van der Waals surface area contributed by atoms with Crippen molar-refractivity contribution in [2.75, 3.05) is 0 Å². The van der Waals surface area contributed by atoms with Gasteiger partial charge in [0.15, 0.2) is 0 Å². The van der Waals surface area contributed by atoms with E-state index in [2.05, 4.69) is 0 Å². The lowest BCUT2D eigenvalue weighted by Crippen LogP contribution is -2.33. The molecule has 21 heavy (non-hydrogen) atoms. The van der Waals surface area contributed by atoms with Gasteiger partial charge in [-0.25, -0.2) is 4.79 Å². The van der Waals surface area contributed by atoms with Crippen molar-refractivity contribution >= 4 is 11.7 Å². The highest BCUT2D eigenvalue weighted by Gasteiger charge is 2.38. The van der Waals surface area contributed by atoms with Gasteiger partial charge in [-0.3, -0.25) is 10.1 Å². The van der Waals surface area contributed by atoms with Gasteiger partial charge in [0.05, 0.1) is 10.5 Å². The fourth-order valence-corrected chi connectivity index (χ4v) is 3.78. The van der Waals surface area contributed by atoms with E-state index in [1.54, 1.807) is 0 Å². The Labute approximate surface area is 123 Å². The van der Waals surface area contributed by atoms with Gasteiger partial charge in [0.25, 0.3) is 5.69 Å². The molecule has 2 aliphatic carbocycles. The summed E-state index contributed by atoms with van der Waals surface area (Å²) >= 11 is 0. The zero-order chi connectivity index (χ0) is 14.8. The lowest BCUT2D eigenvalue weighted by Gasteiger charge is -2.33. The molecule has 2 aliphatic rings. The number of esters is 1. The second-order valence-electron chi connectivity index (χ2n) is 6.03. The van der Waals surface area contributed by atoms with Gasteiger partial charge >= 0.3 is 5.97 Å². The van der Waals surface area contributed by atoms with E-state index in [4.69, 9.17) is 4.74 Å². The van der Waals surface area contributed by atoms with Crippen LogP contribution in [0.3, 0.4) is 0 Å². The summed E-state index contributed by atoms with van der Waals surface area (Å²) in [6, 6.07) is 5.62. The largest absolute Gasteiger partial charge is 0.458 e. The summed E-state index contributed by atoms with van der Waals surface area (Å²) in [5.41, 5.74) is 0.376. The number of nitrogens with zero attached hydrogens (tertiary/aromatic N) is 1. The molecule has 0 spiro atoms. The number of hydrogen-bond donors (Lipinski definition) is 0. The summed E-state index contributed by atoms with van der Waals surface area (Å²) < 4.78 is 5.68. The van der Waals surface area contributed by atoms with Crippen molar-refractivity contribution in [3.8, 4) is 0 Å². The number of carbonyl (C=O) groups is 1. The zero-order valence-corrected chi connectivity index (χ0v) is 11.9. The second-order valence-corrected chi connectivity index (χ2v) is 6.03. The average Bonchev–Trinajstić information content (AvgIpc) is 2.97. The van der Waals surface area contributed by atoms with Gasteiger partial charge in [-0.15, -0.1) is 0 Å². The van der Waals surface area contributed by atoms with Gasteiger partial charge in [-0.1, -0.05) is 12.8 Å². The van der Waals surface area contributed by atoms with Crippen LogP contribution in [0.5, 0.6) is 0 Å². The van der Waals surface area contributed by atoms with Crippen molar-refractivity contribution in [3.05, 3.63) is 39.9 Å². The highest BCUT2D eigenvalue weighted by Crippen LogP contribution is 2.43. The van der Waals surface area contributed by atoms with Gasteiger partial charge in [-0.05, 0) is 49.7 Å². The first-order valence-corrected chi connectivity index (χ1v) is 7.60. The maximum absolute atomic E-state index is 12.2. The topological polar surface area (TPSA) is 69.4 Å². The smallest absolute Gasteiger partial charge is 0.338 e. The number of benzene rings is 1. The first-order chi connectivity index (χ1) is 10.1. The van der Waals surface area contributed by atoms with E-state index >= 15 is 0 Å². The molecule has 5 heteroatoms. The number of carbonyl (C=O) groups excluding carboxylic acids is 1. The molecule has 0 unspecified atom stereocenters. The molecule has 0 bridgehead atoms. The van der Waals surface area contributed by atoms with E-state index in [1.165, 1.54) is 43.5 Å². The third kappa shape index (κ3) is 2.91. The lowest BCUT2D eigenvalue weighted by molar-refractivity contribution is -0.384. The Morgan fingerprint density at radius 2 is 1.76 bits per heavy atom. The monoisotopic (exact) mass is 289 g/mol. The summed E-state index contributed by atoms with van der Waals surface area (Å²) in [7, 11) is 0. The number of nitro groups is 1. The van der Waals surface area contributed by atoms with Gasteiger partial charge in [0, 0.05) is 12.1 Å². The van der Waals surface area contributed by atoms with Crippen molar-refractivity contribution in [1.29, 1.82) is 0 Å². The molecule has 112 valence electrons. The Morgan fingerprint density at radius 1 is 1.10 bits per heavy atom. The van der Waals surface area contributed by atoms with Crippen LogP contribution in [-0.2, 0) is 4.74 Å². The van der Waals surface area contributed by atoms with Crippen LogP contribution < -0.4 is 0 Å². The molecule has 0 saturated heterocycles. The summed E-state index contributed by atoms with van der Waals surface area (Å²) in [4.78, 5) is 22.3. The molecule has 0 heterocycles. The molecule has 0 N–H and O–H groups in total. The van der Waals surface area contributed by atoms with Crippen LogP contribution in [0.15, 0.2) is 24.3 Å². The first-order valence-electron chi connectivity index (χ1n) is 7.60. The summed E-state index contributed by atoms with van der Waals surface area (Å²) in [5.74, 6) is 0.872. The molecule has 1 aromatic rings. The number of non-ortho nitro benzene ring substituents is 1. The van der Waals surface area contributed by atoms with Gasteiger partial charge in [0.1, 0.15) is 6.10 Å². The van der Waals surface area contributed by atoms with Crippen LogP contribution in [-0.4, -0.2) is 17.0 Å². The minimum atomic E-state index is -0.473. The molecule has 0 aliphatic heterocycles. The molecule has 2 fully saturated rings. The Morgan fingerprint density at radius 3 is 2.43 bits per heavy atom. The summed E-state index contributed by atoms with van der Waals surface area (Å²) in [6.45, 7) is 0. The maximum atomic E-state index is 12.2. The van der Waals surface area contributed by atoms with Crippen LogP contribution >= 0.6 is 0 Å². The van der Waals surface area contributed by atoms with E-state index in [1.807, 2.05) is 0 Å². The molecule has 3 rings (SSSR count). The minimum absolute atomic E-state index is 0.0138. The first kappa shape index (κ1) is 14.0. The maximum Gasteiger partial charge on any atom is 0.338 e. The van der Waals surface area contributed by atoms with Crippen LogP contribution in [0.1, 0.15) is 48.9 Å². The van der Waals surface area contributed by atoms with Gasteiger partial charge in [0.2, 0.25) is 0 Å². The minimum Gasteiger partial charge on any atom is -0.458 e. The predicted molar refractivity (Wildman–Crippen MR) is 77.0 cm³/mol. The molecule has 5 nitrogen and oxygen atoms in total. The van der Waals surface area contributed by atoms with Crippen molar-refractivity contribution in [1.82, 2.24) is 0 Å². The Kier molecular flexibility index (Phi) is 3.90. The summed E-state index contributed by atoms with van der Waals surface area (Å²) in [5, 5.41) is 10.6. The van der Waals surface area contributed by atoms with Crippen molar-refractivity contribution in [2.24, 2.45) is 11.8 Å². The molecular formula is C16H19NO4. The highest BCUT2D eigenvalue weighted by molar-refractivity contribution is 5.89. The van der Waals surface area contributed by atoms with Crippen LogP contribution in [0.4, 0.5) is 5.69 Å². The Balaban J connectivity index is 1.66. The third-order valence-corrected chi connectivity index (χ3v) is 4.83. The van der Waals surface area contributed by atoms with Gasteiger partial charge < -0.3 is 4.74 Å². The third-order valence-electron chi connectivity index (χ3n) is 4.83. The molecule has 3 atom stereocenters. The van der Waals surface area contributed by atoms with Crippen LogP contribution in [0.25, 0.3) is 0 Å². The number of rotatable bonds is 3. The van der Waals surface area contributed by atoms with Crippen LogP contribution in [0.2, 0.25) is 0 Å². The van der Waals surface area contributed by atoms with E-state index in [0.717, 1.165) is 19.3 Å². The van der Waals surface area contributed by atoms with E-state index < -0.39 is 4.92 Å². The van der Waals surface area contributed by atoms with E-state index in [0.29, 0.717) is 17.4 Å². The predicted octanol–water partition coefficient (Wildman–Crippen LogP) is 3.72. The molecular weight excluding hydrogens is 270 g/mol.